The zero-order valence-electron chi connectivity index (χ0n) is 20.8. The van der Waals surface area contributed by atoms with E-state index in [2.05, 4.69) is 15.0 Å². The second kappa shape index (κ2) is 11.2. The molecule has 2 aromatic carbocycles. The van der Waals surface area contributed by atoms with Gasteiger partial charge in [-0.1, -0.05) is 40.5 Å². The number of piperidine rings is 1. The first-order valence-corrected chi connectivity index (χ1v) is 14.4. The third-order valence-corrected chi connectivity index (χ3v) is 8.73. The highest BCUT2D eigenvalue weighted by molar-refractivity contribution is 7.14. The van der Waals surface area contributed by atoms with E-state index >= 15 is 0 Å². The summed E-state index contributed by atoms with van der Waals surface area (Å²) in [5.41, 5.74) is 3.19. The van der Waals surface area contributed by atoms with Crippen LogP contribution >= 0.6 is 34.5 Å². The maximum Gasteiger partial charge on any atom is 0.185 e. The Balaban J connectivity index is 1.11. The molecular formula is C28H26Cl2FN3O4S. The molecule has 2 aliphatic rings. The van der Waals surface area contributed by atoms with Gasteiger partial charge in [0.2, 0.25) is 0 Å². The molecule has 3 heterocycles. The number of anilines is 1. The van der Waals surface area contributed by atoms with Crippen molar-refractivity contribution in [2.45, 2.75) is 50.6 Å². The number of hydrogen-bond donors (Lipinski definition) is 2. The Kier molecular flexibility index (Phi) is 7.63. The lowest BCUT2D eigenvalue weighted by Crippen LogP contribution is -2.37. The molecule has 1 aliphatic heterocycles. The monoisotopic (exact) mass is 589 g/mol. The van der Waals surface area contributed by atoms with Gasteiger partial charge in [0.1, 0.15) is 17.3 Å². The van der Waals surface area contributed by atoms with Gasteiger partial charge in [-0.25, -0.2) is 9.37 Å². The second-order valence-electron chi connectivity index (χ2n) is 9.87. The summed E-state index contributed by atoms with van der Waals surface area (Å²) >= 11 is 14.4. The average molecular weight is 591 g/mol. The van der Waals surface area contributed by atoms with Crippen LogP contribution in [0.1, 0.15) is 54.8 Å². The highest BCUT2D eigenvalue weighted by Gasteiger charge is 2.34. The van der Waals surface area contributed by atoms with Gasteiger partial charge in [-0.15, -0.1) is 11.3 Å². The van der Waals surface area contributed by atoms with Crippen molar-refractivity contribution in [3.63, 3.8) is 0 Å². The van der Waals surface area contributed by atoms with E-state index in [0.717, 1.165) is 61.3 Å². The average Bonchev–Trinajstić information content (AvgIpc) is 3.50. The predicted octanol–water partition coefficient (Wildman–Crippen LogP) is 6.96. The van der Waals surface area contributed by atoms with Gasteiger partial charge in [0.25, 0.3) is 0 Å². The second-order valence-corrected chi connectivity index (χ2v) is 11.5. The summed E-state index contributed by atoms with van der Waals surface area (Å²) in [6, 6.07) is 9.52. The number of hydrogen-bond acceptors (Lipinski definition) is 8. The van der Waals surface area contributed by atoms with Gasteiger partial charge in [0.15, 0.2) is 11.4 Å². The molecule has 6 rings (SSSR count). The molecule has 11 heteroatoms. The molecule has 0 radical (unpaired) electrons. The molecule has 2 N–H and O–H groups in total. The Labute approximate surface area is 238 Å². The Morgan fingerprint density at radius 3 is 2.51 bits per heavy atom. The minimum absolute atomic E-state index is 0.0621. The molecule has 4 aromatic rings. The lowest BCUT2D eigenvalue weighted by Gasteiger charge is -2.31. The van der Waals surface area contributed by atoms with Crippen LogP contribution in [0.5, 0.6) is 0 Å². The Bertz CT molecular complexity index is 1460. The topological polar surface area (TPSA) is 91.9 Å². The number of aliphatic hydroxyl groups is 2. The highest BCUT2D eigenvalue weighted by Crippen LogP contribution is 2.46. The van der Waals surface area contributed by atoms with E-state index in [1.54, 1.807) is 18.2 Å². The Morgan fingerprint density at radius 2 is 1.85 bits per heavy atom. The van der Waals surface area contributed by atoms with Crippen LogP contribution in [0.25, 0.3) is 22.5 Å². The molecule has 1 saturated heterocycles. The lowest BCUT2D eigenvalue weighted by molar-refractivity contribution is -0.0426. The van der Waals surface area contributed by atoms with Gasteiger partial charge in [0.05, 0.1) is 28.5 Å². The van der Waals surface area contributed by atoms with E-state index in [4.69, 9.17) is 32.5 Å². The molecule has 1 saturated carbocycles. The molecule has 0 spiro atoms. The fourth-order valence-corrected chi connectivity index (χ4v) is 6.35. The summed E-state index contributed by atoms with van der Waals surface area (Å²) in [5, 5.41) is 26.6. The number of aliphatic hydroxyl groups excluding tert-OH is 1. The Morgan fingerprint density at radius 1 is 1.10 bits per heavy atom. The lowest BCUT2D eigenvalue weighted by atomic mass is 10.0. The molecule has 7 nitrogen and oxygen atoms in total. The number of thiazole rings is 1. The van der Waals surface area contributed by atoms with E-state index in [0.29, 0.717) is 45.1 Å². The normalized spacial score (nSPS) is 16.4. The molecule has 0 unspecified atom stereocenters. The minimum Gasteiger partial charge on any atom is -0.373 e. The summed E-state index contributed by atoms with van der Waals surface area (Å²) in [5.74, 6) is 0.686. The number of halogens is 3. The molecule has 39 heavy (non-hydrogen) atoms. The molecule has 0 bridgehead atoms. The van der Waals surface area contributed by atoms with Crippen LogP contribution in [-0.2, 0) is 11.3 Å². The minimum atomic E-state index is -1.71. The first kappa shape index (κ1) is 26.7. The van der Waals surface area contributed by atoms with E-state index in [1.807, 2.05) is 5.38 Å². The first-order chi connectivity index (χ1) is 18.9. The summed E-state index contributed by atoms with van der Waals surface area (Å²) in [7, 11) is 0. The summed E-state index contributed by atoms with van der Waals surface area (Å²) in [6.45, 7) is 1.90. The van der Waals surface area contributed by atoms with Gasteiger partial charge in [-0.05, 0) is 49.9 Å². The quantitative estimate of drug-likeness (QED) is 0.215. The van der Waals surface area contributed by atoms with Crippen LogP contribution in [0.15, 0.2) is 46.3 Å². The van der Waals surface area contributed by atoms with Crippen molar-refractivity contribution in [1.29, 1.82) is 0 Å². The molecule has 2 aromatic heterocycles. The van der Waals surface area contributed by atoms with Crippen molar-refractivity contribution in [2.75, 3.05) is 18.0 Å². The van der Waals surface area contributed by atoms with Crippen LogP contribution in [-0.4, -0.2) is 39.5 Å². The smallest absolute Gasteiger partial charge is 0.185 e. The van der Waals surface area contributed by atoms with Crippen LogP contribution < -0.4 is 4.90 Å². The van der Waals surface area contributed by atoms with Gasteiger partial charge >= 0.3 is 0 Å². The van der Waals surface area contributed by atoms with Crippen LogP contribution in [0.4, 0.5) is 9.52 Å². The van der Waals surface area contributed by atoms with Crippen molar-refractivity contribution in [3.8, 4) is 22.5 Å². The number of rotatable bonds is 8. The van der Waals surface area contributed by atoms with Crippen molar-refractivity contribution >= 4 is 39.7 Å². The maximum absolute atomic E-state index is 14.5. The van der Waals surface area contributed by atoms with Gasteiger partial charge < -0.3 is 24.4 Å². The largest absolute Gasteiger partial charge is 0.373 e. The third-order valence-electron chi connectivity index (χ3n) is 7.20. The molecule has 204 valence electrons. The third kappa shape index (κ3) is 5.57. The number of benzene rings is 2. The number of aromatic nitrogens is 2. The van der Waals surface area contributed by atoms with E-state index in [-0.39, 0.29) is 11.7 Å². The summed E-state index contributed by atoms with van der Waals surface area (Å²) < 4.78 is 26.7. The molecule has 2 fully saturated rings. The molecule has 0 atom stereocenters. The van der Waals surface area contributed by atoms with Gasteiger partial charge in [-0.3, -0.25) is 0 Å². The van der Waals surface area contributed by atoms with E-state index < -0.39 is 12.1 Å². The van der Waals surface area contributed by atoms with Crippen LogP contribution in [0, 0.1) is 5.82 Å². The number of nitrogens with zero attached hydrogens (tertiary/aromatic N) is 3. The number of ether oxygens (including phenoxy) is 1. The van der Waals surface area contributed by atoms with E-state index in [9.17, 15) is 14.6 Å². The van der Waals surface area contributed by atoms with Gasteiger partial charge in [-0.2, -0.15) is 0 Å². The maximum atomic E-state index is 14.5. The zero-order valence-corrected chi connectivity index (χ0v) is 23.1. The van der Waals surface area contributed by atoms with E-state index in [1.165, 1.54) is 23.5 Å². The fourth-order valence-electron chi connectivity index (χ4n) is 4.90. The molecule has 0 amide bonds. The predicted molar refractivity (Wildman–Crippen MR) is 149 cm³/mol. The van der Waals surface area contributed by atoms with Crippen molar-refractivity contribution in [1.82, 2.24) is 10.1 Å². The van der Waals surface area contributed by atoms with Gasteiger partial charge in [0, 0.05) is 46.6 Å². The summed E-state index contributed by atoms with van der Waals surface area (Å²) in [6.07, 6.45) is 2.13. The van der Waals surface area contributed by atoms with Crippen molar-refractivity contribution in [2.24, 2.45) is 0 Å². The van der Waals surface area contributed by atoms with Crippen molar-refractivity contribution < 1.29 is 23.9 Å². The zero-order chi connectivity index (χ0) is 27.1. The molecule has 1 aliphatic carbocycles. The fraction of sp³-hybridized carbons (Fsp3) is 0.357. The Hall–Kier alpha value is -2.53. The van der Waals surface area contributed by atoms with Crippen LogP contribution in [0.3, 0.4) is 0 Å². The highest BCUT2D eigenvalue weighted by atomic mass is 35.5. The standard InChI is InChI=1S/C28H26Cl2FN3O4S/c29-20-2-1-3-21(30)24(20)25-19(26(38-33-25)15-4-5-15)13-37-17-8-10-34(11-9-17)28-32-23(14-39-28)18-7-6-16(27(35)36)12-22(18)31/h1-3,6-7,12,14-15,17,27,35-36H,4-5,8-11,13H2. The van der Waals surface area contributed by atoms with Crippen LogP contribution in [0.2, 0.25) is 10.0 Å². The first-order valence-electron chi connectivity index (χ1n) is 12.8. The SMILES string of the molecule is OC(O)c1ccc(-c2csc(N3CCC(OCc4c(-c5c(Cl)cccc5Cl)noc4C4CC4)CC3)n2)c(F)c1. The molecular weight excluding hydrogens is 564 g/mol. The summed E-state index contributed by atoms with van der Waals surface area (Å²) in [4.78, 5) is 6.83. The van der Waals surface area contributed by atoms with Crippen molar-refractivity contribution in [3.05, 3.63) is 74.5 Å².